The predicted octanol–water partition coefficient (Wildman–Crippen LogP) is 5.13. The molecule has 180 valence electrons. The van der Waals surface area contributed by atoms with Crippen LogP contribution >= 0.6 is 0 Å². The molecule has 0 atom stereocenters. The smallest absolute Gasteiger partial charge is 0.254 e. The summed E-state index contributed by atoms with van der Waals surface area (Å²) in [6.45, 7) is 2.02. The zero-order valence-corrected chi connectivity index (χ0v) is 19.9. The Kier molecular flexibility index (Phi) is 5.44. The molecule has 1 fully saturated rings. The number of pyridine rings is 1. The molecule has 0 saturated heterocycles. The molecule has 0 aliphatic heterocycles. The summed E-state index contributed by atoms with van der Waals surface area (Å²) < 4.78 is 16.7. The van der Waals surface area contributed by atoms with Gasteiger partial charge < -0.3 is 5.32 Å². The summed E-state index contributed by atoms with van der Waals surface area (Å²) in [7, 11) is 0. The molecule has 2 aromatic carbocycles. The molecule has 0 radical (unpaired) electrons. The van der Waals surface area contributed by atoms with E-state index in [2.05, 4.69) is 31.4 Å². The summed E-state index contributed by atoms with van der Waals surface area (Å²) in [6, 6.07) is 14.7. The molecule has 5 aromatic rings. The maximum absolute atomic E-state index is 15.0. The normalized spacial score (nSPS) is 14.9. The van der Waals surface area contributed by atoms with Crippen LogP contribution < -0.4 is 5.32 Å². The Morgan fingerprint density at radius 3 is 2.72 bits per heavy atom. The van der Waals surface area contributed by atoms with Crippen molar-refractivity contribution in [2.75, 3.05) is 0 Å². The molecule has 1 amide bonds. The molecule has 0 spiro atoms. The SMILES string of the molecule is CC1(NC(=O)c2ccc(-c3cnc4ncc(Cc5ccc6ncccc6c5)n4n3)cc2F)CCCC1. The molecule has 3 heterocycles. The molecule has 36 heavy (non-hydrogen) atoms. The molecular weight excluding hydrogens is 455 g/mol. The van der Waals surface area contributed by atoms with Crippen molar-refractivity contribution in [2.45, 2.75) is 44.6 Å². The Labute approximate surface area is 207 Å². The number of benzene rings is 2. The highest BCUT2D eigenvalue weighted by Gasteiger charge is 2.31. The van der Waals surface area contributed by atoms with Crippen molar-refractivity contribution in [1.29, 1.82) is 0 Å². The van der Waals surface area contributed by atoms with Crippen molar-refractivity contribution in [3.63, 3.8) is 0 Å². The maximum atomic E-state index is 15.0. The number of rotatable bonds is 5. The first kappa shape index (κ1) is 22.3. The summed E-state index contributed by atoms with van der Waals surface area (Å²) in [5.41, 5.74) is 3.72. The van der Waals surface area contributed by atoms with E-state index in [1.165, 1.54) is 12.1 Å². The van der Waals surface area contributed by atoms with E-state index >= 15 is 4.39 Å². The number of halogens is 1. The number of carbonyl (C=O) groups excluding carboxylic acids is 1. The van der Waals surface area contributed by atoms with Gasteiger partial charge in [-0.05, 0) is 55.7 Å². The Morgan fingerprint density at radius 2 is 1.89 bits per heavy atom. The van der Waals surface area contributed by atoms with Crippen LogP contribution in [0.1, 0.15) is 54.2 Å². The van der Waals surface area contributed by atoms with Gasteiger partial charge in [-0.3, -0.25) is 9.78 Å². The van der Waals surface area contributed by atoms with Crippen LogP contribution in [0.2, 0.25) is 0 Å². The second kappa shape index (κ2) is 8.78. The number of amides is 1. The Balaban J connectivity index is 1.27. The summed E-state index contributed by atoms with van der Waals surface area (Å²) in [5.74, 6) is -0.492. The summed E-state index contributed by atoms with van der Waals surface area (Å²) in [6.07, 6.45) is 9.69. The van der Waals surface area contributed by atoms with E-state index in [0.29, 0.717) is 23.5 Å². The van der Waals surface area contributed by atoms with E-state index < -0.39 is 5.82 Å². The van der Waals surface area contributed by atoms with Crippen LogP contribution in [0.3, 0.4) is 0 Å². The van der Waals surface area contributed by atoms with Gasteiger partial charge in [-0.15, -0.1) is 0 Å². The fraction of sp³-hybridized carbons (Fsp3) is 0.250. The highest BCUT2D eigenvalue weighted by Crippen LogP contribution is 2.29. The first-order chi connectivity index (χ1) is 17.5. The summed E-state index contributed by atoms with van der Waals surface area (Å²) >= 11 is 0. The second-order valence-electron chi connectivity index (χ2n) is 9.73. The summed E-state index contributed by atoms with van der Waals surface area (Å²) in [4.78, 5) is 25.9. The van der Waals surface area contributed by atoms with Crippen LogP contribution in [-0.2, 0) is 6.42 Å². The molecule has 1 aliphatic rings. The first-order valence-corrected chi connectivity index (χ1v) is 12.1. The quantitative estimate of drug-likeness (QED) is 0.377. The van der Waals surface area contributed by atoms with Crippen molar-refractivity contribution < 1.29 is 9.18 Å². The van der Waals surface area contributed by atoms with Gasteiger partial charge in [-0.1, -0.05) is 31.0 Å². The third-order valence-corrected chi connectivity index (χ3v) is 6.99. The lowest BCUT2D eigenvalue weighted by Crippen LogP contribution is -2.43. The largest absolute Gasteiger partial charge is 0.347 e. The minimum absolute atomic E-state index is 0.0371. The fourth-order valence-electron chi connectivity index (χ4n) is 5.00. The average Bonchev–Trinajstić information content (AvgIpc) is 3.49. The Hall–Kier alpha value is -4.20. The molecule has 0 unspecified atom stereocenters. The van der Waals surface area contributed by atoms with Crippen molar-refractivity contribution in [3.05, 3.63) is 89.8 Å². The van der Waals surface area contributed by atoms with Gasteiger partial charge in [-0.25, -0.2) is 18.9 Å². The molecule has 1 aliphatic carbocycles. The molecule has 1 saturated carbocycles. The van der Waals surface area contributed by atoms with Crippen molar-refractivity contribution in [2.24, 2.45) is 0 Å². The number of hydrogen-bond donors (Lipinski definition) is 1. The molecule has 3 aromatic heterocycles. The zero-order chi connectivity index (χ0) is 24.7. The topological polar surface area (TPSA) is 85.1 Å². The van der Waals surface area contributed by atoms with Gasteiger partial charge in [0, 0.05) is 29.1 Å². The standard InChI is InChI=1S/C28H25FN6O/c1-28(10-2-3-11-28)33-26(36)22-8-7-20(15-23(22)29)25-17-32-27-31-16-21(35(27)34-25)14-18-6-9-24-19(13-18)5-4-12-30-24/h4-9,12-13,15-17H,2-3,10-11,14H2,1H3,(H,33,36). The van der Waals surface area contributed by atoms with Gasteiger partial charge in [0.2, 0.25) is 0 Å². The van der Waals surface area contributed by atoms with E-state index in [1.807, 2.05) is 31.2 Å². The second-order valence-corrected chi connectivity index (χ2v) is 9.73. The number of nitrogens with zero attached hydrogens (tertiary/aromatic N) is 5. The monoisotopic (exact) mass is 480 g/mol. The highest BCUT2D eigenvalue weighted by molar-refractivity contribution is 5.95. The molecule has 6 rings (SSSR count). The molecule has 1 N–H and O–H groups in total. The number of imidazole rings is 1. The van der Waals surface area contributed by atoms with Crippen LogP contribution in [0.15, 0.2) is 67.1 Å². The Bertz CT molecular complexity index is 1600. The average molecular weight is 481 g/mol. The molecule has 7 nitrogen and oxygen atoms in total. The third kappa shape index (κ3) is 4.19. The van der Waals surface area contributed by atoms with Gasteiger partial charge in [0.1, 0.15) is 11.5 Å². The van der Waals surface area contributed by atoms with Gasteiger partial charge in [0.25, 0.3) is 11.7 Å². The minimum atomic E-state index is -0.580. The molecular formula is C28H25FN6O. The number of aromatic nitrogens is 5. The maximum Gasteiger partial charge on any atom is 0.254 e. The van der Waals surface area contributed by atoms with Gasteiger partial charge in [-0.2, -0.15) is 5.10 Å². The number of hydrogen-bond acceptors (Lipinski definition) is 5. The van der Waals surface area contributed by atoms with Crippen molar-refractivity contribution >= 4 is 22.6 Å². The van der Waals surface area contributed by atoms with Gasteiger partial charge in [0.15, 0.2) is 0 Å². The summed E-state index contributed by atoms with van der Waals surface area (Å²) in [5, 5.41) is 8.76. The molecule has 0 bridgehead atoms. The van der Waals surface area contributed by atoms with Crippen LogP contribution in [0.4, 0.5) is 4.39 Å². The van der Waals surface area contributed by atoms with Crippen LogP contribution in [-0.4, -0.2) is 36.0 Å². The molecule has 8 heteroatoms. The first-order valence-electron chi connectivity index (χ1n) is 12.1. The number of fused-ring (bicyclic) bond motifs is 2. The lowest BCUT2D eigenvalue weighted by atomic mass is 9.99. The predicted molar refractivity (Wildman–Crippen MR) is 135 cm³/mol. The fourth-order valence-corrected chi connectivity index (χ4v) is 5.00. The Morgan fingerprint density at radius 1 is 1.06 bits per heavy atom. The van der Waals surface area contributed by atoms with Crippen molar-refractivity contribution in [3.8, 4) is 11.3 Å². The van der Waals surface area contributed by atoms with Crippen LogP contribution in [0.25, 0.3) is 27.9 Å². The van der Waals surface area contributed by atoms with E-state index in [9.17, 15) is 4.79 Å². The number of carbonyl (C=O) groups is 1. The van der Waals surface area contributed by atoms with Gasteiger partial charge in [0.05, 0.1) is 29.2 Å². The van der Waals surface area contributed by atoms with E-state index in [0.717, 1.165) is 47.8 Å². The lowest BCUT2D eigenvalue weighted by molar-refractivity contribution is 0.0904. The van der Waals surface area contributed by atoms with E-state index in [-0.39, 0.29) is 17.0 Å². The van der Waals surface area contributed by atoms with E-state index in [1.54, 1.807) is 29.2 Å². The van der Waals surface area contributed by atoms with E-state index in [4.69, 9.17) is 0 Å². The zero-order valence-electron chi connectivity index (χ0n) is 19.9. The van der Waals surface area contributed by atoms with Crippen LogP contribution in [0.5, 0.6) is 0 Å². The minimum Gasteiger partial charge on any atom is -0.347 e. The van der Waals surface area contributed by atoms with Crippen LogP contribution in [0, 0.1) is 5.82 Å². The third-order valence-electron chi connectivity index (χ3n) is 6.99. The lowest BCUT2D eigenvalue weighted by Gasteiger charge is -2.25. The van der Waals surface area contributed by atoms with Crippen molar-refractivity contribution in [1.82, 2.24) is 29.9 Å². The van der Waals surface area contributed by atoms with Gasteiger partial charge >= 0.3 is 0 Å². The highest BCUT2D eigenvalue weighted by atomic mass is 19.1. The number of nitrogens with one attached hydrogen (secondary N) is 1.